The summed E-state index contributed by atoms with van der Waals surface area (Å²) >= 11 is 5.30. The number of nitrogens with one attached hydrogen (secondary N) is 1. The van der Waals surface area contributed by atoms with Crippen LogP contribution >= 0.6 is 12.2 Å². The first kappa shape index (κ1) is 12.7. The molecule has 0 unspecified atom stereocenters. The van der Waals surface area contributed by atoms with Crippen molar-refractivity contribution in [1.29, 1.82) is 0 Å². The van der Waals surface area contributed by atoms with Gasteiger partial charge in [-0.2, -0.15) is 10.2 Å². The van der Waals surface area contributed by atoms with E-state index < -0.39 is 0 Å². The van der Waals surface area contributed by atoms with Gasteiger partial charge in [0, 0.05) is 37.7 Å². The SMILES string of the molecule is Cn1cc(CCn2c(-c3ccncc3)n[nH]c2=S)cn1. The van der Waals surface area contributed by atoms with E-state index in [-0.39, 0.29) is 0 Å². The number of aryl methyl sites for hydroxylation is 2. The van der Waals surface area contributed by atoms with E-state index in [1.807, 2.05) is 36.1 Å². The second-order valence-electron chi connectivity index (χ2n) is 4.51. The van der Waals surface area contributed by atoms with Gasteiger partial charge >= 0.3 is 0 Å². The standard InChI is InChI=1S/C13H14N6S/c1-18-9-10(8-15-18)4-7-19-12(16-17-13(19)20)11-2-5-14-6-3-11/h2-3,5-6,8-9H,4,7H2,1H3,(H,17,20). The molecule has 0 saturated heterocycles. The third-order valence-electron chi connectivity index (χ3n) is 3.08. The van der Waals surface area contributed by atoms with Crippen molar-refractivity contribution < 1.29 is 0 Å². The van der Waals surface area contributed by atoms with Gasteiger partial charge in [0.2, 0.25) is 0 Å². The molecule has 0 aromatic carbocycles. The molecule has 3 aromatic heterocycles. The van der Waals surface area contributed by atoms with Gasteiger partial charge in [0.1, 0.15) is 0 Å². The predicted octanol–water partition coefficient (Wildman–Crippen LogP) is 1.98. The summed E-state index contributed by atoms with van der Waals surface area (Å²) in [7, 11) is 1.91. The smallest absolute Gasteiger partial charge is 0.195 e. The number of aromatic amines is 1. The molecule has 0 amide bonds. The number of H-pyrrole nitrogens is 1. The van der Waals surface area contributed by atoms with Crippen LogP contribution < -0.4 is 0 Å². The fourth-order valence-electron chi connectivity index (χ4n) is 2.09. The second-order valence-corrected chi connectivity index (χ2v) is 4.90. The van der Waals surface area contributed by atoms with Gasteiger partial charge in [0.25, 0.3) is 0 Å². The van der Waals surface area contributed by atoms with Crippen LogP contribution in [0.15, 0.2) is 36.9 Å². The average molecular weight is 286 g/mol. The van der Waals surface area contributed by atoms with Crippen molar-refractivity contribution in [2.45, 2.75) is 13.0 Å². The zero-order valence-electron chi connectivity index (χ0n) is 11.0. The first-order chi connectivity index (χ1) is 9.74. The number of hydrogen-bond donors (Lipinski definition) is 1. The Kier molecular flexibility index (Phi) is 3.42. The first-order valence-corrected chi connectivity index (χ1v) is 6.68. The molecule has 6 nitrogen and oxygen atoms in total. The maximum atomic E-state index is 5.30. The molecule has 0 bridgehead atoms. The van der Waals surface area contributed by atoms with Crippen molar-refractivity contribution in [1.82, 2.24) is 29.5 Å². The van der Waals surface area contributed by atoms with Gasteiger partial charge in [0.05, 0.1) is 6.20 Å². The predicted molar refractivity (Wildman–Crippen MR) is 77.6 cm³/mol. The third-order valence-corrected chi connectivity index (χ3v) is 3.39. The van der Waals surface area contributed by atoms with Crippen LogP contribution in [0.25, 0.3) is 11.4 Å². The van der Waals surface area contributed by atoms with Gasteiger partial charge in [-0.15, -0.1) is 0 Å². The minimum absolute atomic E-state index is 0.626. The maximum Gasteiger partial charge on any atom is 0.195 e. The highest BCUT2D eigenvalue weighted by Crippen LogP contribution is 2.16. The minimum Gasteiger partial charge on any atom is -0.300 e. The highest BCUT2D eigenvalue weighted by molar-refractivity contribution is 7.71. The second kappa shape index (κ2) is 5.38. The number of nitrogens with zero attached hydrogens (tertiary/aromatic N) is 5. The monoisotopic (exact) mass is 286 g/mol. The largest absolute Gasteiger partial charge is 0.300 e. The van der Waals surface area contributed by atoms with Gasteiger partial charge in [-0.3, -0.25) is 19.3 Å². The average Bonchev–Trinajstić information content (AvgIpc) is 3.04. The van der Waals surface area contributed by atoms with Crippen LogP contribution in [0.2, 0.25) is 0 Å². The molecule has 0 aliphatic rings. The molecule has 20 heavy (non-hydrogen) atoms. The van der Waals surface area contributed by atoms with E-state index in [0.717, 1.165) is 24.4 Å². The van der Waals surface area contributed by atoms with E-state index in [9.17, 15) is 0 Å². The lowest BCUT2D eigenvalue weighted by molar-refractivity contribution is 0.690. The quantitative estimate of drug-likeness (QED) is 0.745. The number of hydrogen-bond acceptors (Lipinski definition) is 4. The van der Waals surface area contributed by atoms with Crippen LogP contribution in [0, 0.1) is 4.77 Å². The Hall–Kier alpha value is -2.28. The highest BCUT2D eigenvalue weighted by atomic mass is 32.1. The summed E-state index contributed by atoms with van der Waals surface area (Å²) in [5.74, 6) is 0.835. The Morgan fingerprint density at radius 3 is 2.80 bits per heavy atom. The van der Waals surface area contributed by atoms with Crippen molar-refractivity contribution >= 4 is 12.2 Å². The van der Waals surface area contributed by atoms with E-state index in [2.05, 4.69) is 20.3 Å². The number of aromatic nitrogens is 6. The topological polar surface area (TPSA) is 64.3 Å². The molecule has 7 heteroatoms. The summed E-state index contributed by atoms with van der Waals surface area (Å²) in [5, 5.41) is 11.3. The van der Waals surface area contributed by atoms with E-state index >= 15 is 0 Å². The van der Waals surface area contributed by atoms with Gasteiger partial charge in [0.15, 0.2) is 10.6 Å². The van der Waals surface area contributed by atoms with Crippen molar-refractivity contribution in [2.75, 3.05) is 0 Å². The fraction of sp³-hybridized carbons (Fsp3) is 0.231. The van der Waals surface area contributed by atoms with Crippen LogP contribution in [-0.4, -0.2) is 29.5 Å². The Morgan fingerprint density at radius 1 is 1.30 bits per heavy atom. The molecule has 0 fully saturated rings. The molecule has 3 rings (SSSR count). The van der Waals surface area contributed by atoms with E-state index in [1.165, 1.54) is 5.56 Å². The molecule has 0 aliphatic heterocycles. The van der Waals surface area contributed by atoms with Crippen LogP contribution in [0.3, 0.4) is 0 Å². The van der Waals surface area contributed by atoms with Crippen LogP contribution in [-0.2, 0) is 20.0 Å². The number of pyridine rings is 1. The Balaban J connectivity index is 1.86. The molecule has 102 valence electrons. The van der Waals surface area contributed by atoms with Crippen molar-refractivity contribution in [3.63, 3.8) is 0 Å². The Bertz CT molecular complexity index is 755. The van der Waals surface area contributed by atoms with Crippen LogP contribution in [0.5, 0.6) is 0 Å². The van der Waals surface area contributed by atoms with E-state index in [1.54, 1.807) is 17.1 Å². The van der Waals surface area contributed by atoms with Gasteiger partial charge in [-0.05, 0) is 36.3 Å². The fourth-order valence-corrected chi connectivity index (χ4v) is 2.31. The molecular weight excluding hydrogens is 272 g/mol. The summed E-state index contributed by atoms with van der Waals surface area (Å²) in [6.45, 7) is 0.763. The summed E-state index contributed by atoms with van der Waals surface area (Å²) in [6.07, 6.45) is 8.24. The molecule has 3 heterocycles. The van der Waals surface area contributed by atoms with Crippen molar-refractivity contribution in [2.24, 2.45) is 7.05 Å². The molecule has 0 saturated carbocycles. The Morgan fingerprint density at radius 2 is 2.10 bits per heavy atom. The molecular formula is C13H14N6S. The maximum absolute atomic E-state index is 5.30. The third kappa shape index (κ3) is 2.53. The van der Waals surface area contributed by atoms with Crippen LogP contribution in [0.1, 0.15) is 5.56 Å². The van der Waals surface area contributed by atoms with Gasteiger partial charge < -0.3 is 0 Å². The molecule has 0 atom stereocenters. The lowest BCUT2D eigenvalue weighted by atomic mass is 10.2. The lowest BCUT2D eigenvalue weighted by Gasteiger charge is -2.05. The minimum atomic E-state index is 0.626. The molecule has 0 spiro atoms. The normalized spacial score (nSPS) is 10.8. The summed E-state index contributed by atoms with van der Waals surface area (Å²) < 4.78 is 4.42. The summed E-state index contributed by atoms with van der Waals surface area (Å²) in [5.41, 5.74) is 2.18. The number of rotatable bonds is 4. The van der Waals surface area contributed by atoms with Crippen LogP contribution in [0.4, 0.5) is 0 Å². The van der Waals surface area contributed by atoms with Crippen molar-refractivity contribution in [3.05, 3.63) is 47.3 Å². The molecule has 0 radical (unpaired) electrons. The van der Waals surface area contributed by atoms with Gasteiger partial charge in [-0.1, -0.05) is 0 Å². The summed E-state index contributed by atoms with van der Waals surface area (Å²) in [6, 6.07) is 3.84. The van der Waals surface area contributed by atoms with Gasteiger partial charge in [-0.25, -0.2) is 0 Å². The molecule has 1 N–H and O–H groups in total. The molecule has 3 aromatic rings. The highest BCUT2D eigenvalue weighted by Gasteiger charge is 2.08. The lowest BCUT2D eigenvalue weighted by Crippen LogP contribution is -2.03. The zero-order valence-corrected chi connectivity index (χ0v) is 11.8. The zero-order chi connectivity index (χ0) is 13.9. The van der Waals surface area contributed by atoms with E-state index in [0.29, 0.717) is 4.77 Å². The first-order valence-electron chi connectivity index (χ1n) is 6.27. The van der Waals surface area contributed by atoms with E-state index in [4.69, 9.17) is 12.2 Å². The van der Waals surface area contributed by atoms with Crippen molar-refractivity contribution in [3.8, 4) is 11.4 Å². The summed E-state index contributed by atoms with van der Waals surface area (Å²) in [4.78, 5) is 4.02. The molecule has 0 aliphatic carbocycles. The Labute approximate surface area is 121 Å².